The summed E-state index contributed by atoms with van der Waals surface area (Å²) in [5.41, 5.74) is 6.97. The molecule has 4 heteroatoms. The molecule has 0 aliphatic heterocycles. The number of nitrogens with two attached hydrogens (primary N) is 1. The fraction of sp³-hybridized carbons (Fsp3) is 0.562. The molecule has 4 N–H and O–H groups in total. The molecule has 0 heterocycles. The van der Waals surface area contributed by atoms with E-state index in [1.165, 1.54) is 0 Å². The highest BCUT2D eigenvalue weighted by Crippen LogP contribution is 2.20. The number of aliphatic hydroxyl groups excluding tert-OH is 1. The first-order valence-electron chi connectivity index (χ1n) is 7.13. The Hall–Kier alpha value is -1.39. The molecule has 0 aliphatic carbocycles. The van der Waals surface area contributed by atoms with Crippen LogP contribution < -0.4 is 11.1 Å². The lowest BCUT2D eigenvalue weighted by Crippen LogP contribution is -2.45. The van der Waals surface area contributed by atoms with E-state index in [4.69, 9.17) is 10.8 Å². The van der Waals surface area contributed by atoms with Crippen LogP contribution in [0.3, 0.4) is 0 Å². The van der Waals surface area contributed by atoms with Gasteiger partial charge < -0.3 is 16.2 Å². The molecule has 0 spiro atoms. The van der Waals surface area contributed by atoms with Crippen LogP contribution >= 0.6 is 0 Å². The standard InChI is InChI=1S/C16H26N2O2/c1-16(2,9-6-10-19)12-18-15(20)14(17)11-13-7-4-3-5-8-13/h3-5,7-8,14,19H,6,9-12,17H2,1-2H3,(H,18,20). The van der Waals surface area contributed by atoms with Crippen LogP contribution in [0.4, 0.5) is 0 Å². The lowest BCUT2D eigenvalue weighted by molar-refractivity contribution is -0.122. The zero-order valence-electron chi connectivity index (χ0n) is 12.4. The van der Waals surface area contributed by atoms with E-state index in [1.807, 2.05) is 30.3 Å². The van der Waals surface area contributed by atoms with Crippen LogP contribution in [0.5, 0.6) is 0 Å². The molecule has 112 valence electrons. The monoisotopic (exact) mass is 278 g/mol. The molecule has 0 aromatic heterocycles. The number of hydrogen-bond acceptors (Lipinski definition) is 3. The van der Waals surface area contributed by atoms with Crippen LogP contribution in [0.2, 0.25) is 0 Å². The molecule has 1 rings (SSSR count). The van der Waals surface area contributed by atoms with Gasteiger partial charge in [0, 0.05) is 13.2 Å². The average molecular weight is 278 g/mol. The summed E-state index contributed by atoms with van der Waals surface area (Å²) >= 11 is 0. The summed E-state index contributed by atoms with van der Waals surface area (Å²) in [5, 5.41) is 11.8. The van der Waals surface area contributed by atoms with Crippen LogP contribution in [-0.2, 0) is 11.2 Å². The lowest BCUT2D eigenvalue weighted by atomic mass is 9.88. The van der Waals surface area contributed by atoms with Crippen molar-refractivity contribution in [1.82, 2.24) is 5.32 Å². The molecule has 4 nitrogen and oxygen atoms in total. The summed E-state index contributed by atoms with van der Waals surface area (Å²) in [5.74, 6) is -0.120. The van der Waals surface area contributed by atoms with Crippen molar-refractivity contribution in [2.24, 2.45) is 11.1 Å². The minimum atomic E-state index is -0.522. The van der Waals surface area contributed by atoms with Crippen LogP contribution in [0, 0.1) is 5.41 Å². The summed E-state index contributed by atoms with van der Waals surface area (Å²) in [6.45, 7) is 4.91. The zero-order valence-corrected chi connectivity index (χ0v) is 12.4. The SMILES string of the molecule is CC(C)(CCCO)CNC(=O)C(N)Cc1ccccc1. The van der Waals surface area contributed by atoms with Gasteiger partial charge in [0.2, 0.25) is 5.91 Å². The van der Waals surface area contributed by atoms with Gasteiger partial charge in [0.1, 0.15) is 0 Å². The van der Waals surface area contributed by atoms with E-state index in [0.717, 1.165) is 18.4 Å². The summed E-state index contributed by atoms with van der Waals surface area (Å²) in [7, 11) is 0. The van der Waals surface area contributed by atoms with E-state index < -0.39 is 6.04 Å². The summed E-state index contributed by atoms with van der Waals surface area (Å²) in [6, 6.07) is 9.25. The van der Waals surface area contributed by atoms with E-state index in [1.54, 1.807) is 0 Å². The highest BCUT2D eigenvalue weighted by atomic mass is 16.2. The fourth-order valence-corrected chi connectivity index (χ4v) is 2.06. The molecule has 0 bridgehead atoms. The Morgan fingerprint density at radius 2 is 2.00 bits per heavy atom. The van der Waals surface area contributed by atoms with Gasteiger partial charge in [-0.25, -0.2) is 0 Å². The number of hydrogen-bond donors (Lipinski definition) is 3. The van der Waals surface area contributed by atoms with Gasteiger partial charge >= 0.3 is 0 Å². The second-order valence-electron chi connectivity index (χ2n) is 6.01. The Morgan fingerprint density at radius 3 is 2.60 bits per heavy atom. The quantitative estimate of drug-likeness (QED) is 0.674. The Morgan fingerprint density at radius 1 is 1.35 bits per heavy atom. The molecule has 1 aromatic rings. The zero-order chi connectivity index (χ0) is 15.0. The van der Waals surface area contributed by atoms with E-state index in [2.05, 4.69) is 19.2 Å². The second-order valence-corrected chi connectivity index (χ2v) is 6.01. The molecule has 0 aliphatic rings. The van der Waals surface area contributed by atoms with Crippen molar-refractivity contribution in [3.8, 4) is 0 Å². The minimum Gasteiger partial charge on any atom is -0.396 e. The highest BCUT2D eigenvalue weighted by molar-refractivity contribution is 5.81. The van der Waals surface area contributed by atoms with Gasteiger partial charge in [0.25, 0.3) is 0 Å². The third kappa shape index (κ3) is 6.17. The van der Waals surface area contributed by atoms with Crippen molar-refractivity contribution in [3.05, 3.63) is 35.9 Å². The van der Waals surface area contributed by atoms with Crippen LogP contribution in [-0.4, -0.2) is 30.2 Å². The van der Waals surface area contributed by atoms with Crippen LogP contribution in [0.1, 0.15) is 32.3 Å². The van der Waals surface area contributed by atoms with Gasteiger partial charge in [-0.1, -0.05) is 44.2 Å². The number of nitrogens with one attached hydrogen (secondary N) is 1. The molecule has 20 heavy (non-hydrogen) atoms. The fourth-order valence-electron chi connectivity index (χ4n) is 2.06. The van der Waals surface area contributed by atoms with Crippen LogP contribution in [0.15, 0.2) is 30.3 Å². The Balaban J connectivity index is 2.38. The van der Waals surface area contributed by atoms with E-state index in [9.17, 15) is 4.79 Å². The normalized spacial score (nSPS) is 13.0. The molecular formula is C16H26N2O2. The first-order valence-corrected chi connectivity index (χ1v) is 7.13. The number of carbonyl (C=O) groups excluding carboxylic acids is 1. The summed E-state index contributed by atoms with van der Waals surface area (Å²) in [4.78, 5) is 12.0. The molecule has 0 saturated heterocycles. The maximum absolute atomic E-state index is 12.0. The van der Waals surface area contributed by atoms with Gasteiger partial charge in [-0.15, -0.1) is 0 Å². The third-order valence-electron chi connectivity index (χ3n) is 3.39. The predicted octanol–water partition coefficient (Wildman–Crippen LogP) is 1.47. The van der Waals surface area contributed by atoms with Crippen LogP contribution in [0.25, 0.3) is 0 Å². The minimum absolute atomic E-state index is 0.0230. The molecule has 0 fully saturated rings. The van der Waals surface area contributed by atoms with Crippen molar-refractivity contribution in [1.29, 1.82) is 0 Å². The second kappa shape index (κ2) is 8.02. The maximum atomic E-state index is 12.0. The van der Waals surface area contributed by atoms with E-state index >= 15 is 0 Å². The van der Waals surface area contributed by atoms with Gasteiger partial charge in [-0.2, -0.15) is 0 Å². The smallest absolute Gasteiger partial charge is 0.237 e. The van der Waals surface area contributed by atoms with Crippen molar-refractivity contribution in [2.75, 3.05) is 13.2 Å². The molecule has 1 atom stereocenters. The molecule has 1 amide bonds. The molecule has 0 radical (unpaired) electrons. The number of benzene rings is 1. The van der Waals surface area contributed by atoms with Gasteiger partial charge in [-0.05, 0) is 30.2 Å². The van der Waals surface area contributed by atoms with Crippen molar-refractivity contribution in [2.45, 2.75) is 39.2 Å². The Bertz CT molecular complexity index is 404. The highest BCUT2D eigenvalue weighted by Gasteiger charge is 2.20. The van der Waals surface area contributed by atoms with E-state index in [0.29, 0.717) is 13.0 Å². The summed E-state index contributed by atoms with van der Waals surface area (Å²) < 4.78 is 0. The number of rotatable bonds is 8. The largest absolute Gasteiger partial charge is 0.396 e. The first-order chi connectivity index (χ1) is 9.44. The molecular weight excluding hydrogens is 252 g/mol. The van der Waals surface area contributed by atoms with Gasteiger partial charge in [0.05, 0.1) is 6.04 Å². The Kier molecular flexibility index (Phi) is 6.68. The topological polar surface area (TPSA) is 75.3 Å². The predicted molar refractivity (Wildman–Crippen MR) is 81.2 cm³/mol. The van der Waals surface area contributed by atoms with Crippen molar-refractivity contribution >= 4 is 5.91 Å². The number of amides is 1. The van der Waals surface area contributed by atoms with Gasteiger partial charge in [-0.3, -0.25) is 4.79 Å². The Labute approximate surface area is 121 Å². The number of carbonyl (C=O) groups is 1. The third-order valence-corrected chi connectivity index (χ3v) is 3.39. The molecule has 0 saturated carbocycles. The first kappa shape index (κ1) is 16.7. The van der Waals surface area contributed by atoms with Gasteiger partial charge in [0.15, 0.2) is 0 Å². The lowest BCUT2D eigenvalue weighted by Gasteiger charge is -2.25. The summed E-state index contributed by atoms with van der Waals surface area (Å²) in [6.07, 6.45) is 2.17. The molecule has 1 aromatic carbocycles. The maximum Gasteiger partial charge on any atom is 0.237 e. The number of aliphatic hydroxyl groups is 1. The van der Waals surface area contributed by atoms with Crippen molar-refractivity contribution < 1.29 is 9.90 Å². The average Bonchev–Trinajstić information content (AvgIpc) is 2.44. The van der Waals surface area contributed by atoms with Crippen molar-refractivity contribution in [3.63, 3.8) is 0 Å². The van der Waals surface area contributed by atoms with E-state index in [-0.39, 0.29) is 17.9 Å². The molecule has 1 unspecified atom stereocenters.